The fourth-order valence-corrected chi connectivity index (χ4v) is 2.26. The van der Waals surface area contributed by atoms with Gasteiger partial charge in [-0.25, -0.2) is 0 Å². The fraction of sp³-hybridized carbons (Fsp3) is 0.467. The molecule has 1 fully saturated rings. The summed E-state index contributed by atoms with van der Waals surface area (Å²) in [6.45, 7) is 4.25. The minimum Gasteiger partial charge on any atom is -0.494 e. The van der Waals surface area contributed by atoms with Gasteiger partial charge >= 0.3 is 0 Å². The molecule has 1 aromatic carbocycles. The molecule has 1 heterocycles. The maximum absolute atomic E-state index is 12.0. The Kier molecular flexibility index (Phi) is 4.56. The number of ether oxygens (including phenoxy) is 1. The van der Waals surface area contributed by atoms with Crippen molar-refractivity contribution in [1.82, 2.24) is 0 Å². The minimum absolute atomic E-state index is 0.103. The third kappa shape index (κ3) is 3.56. The van der Waals surface area contributed by atoms with Crippen LogP contribution in [0, 0.1) is 0 Å². The number of nitrogens with zero attached hydrogens (tertiary/aromatic N) is 1. The maximum Gasteiger partial charge on any atom is 0.240 e. The van der Waals surface area contributed by atoms with Crippen LogP contribution in [0.5, 0.6) is 5.75 Å². The van der Waals surface area contributed by atoms with Crippen LogP contribution < -0.4 is 15.0 Å². The number of benzene rings is 1. The topological polar surface area (TPSA) is 58.6 Å². The van der Waals surface area contributed by atoms with E-state index in [4.69, 9.17) is 4.74 Å². The Morgan fingerprint density at radius 3 is 2.67 bits per heavy atom. The van der Waals surface area contributed by atoms with Crippen LogP contribution in [0.2, 0.25) is 0 Å². The lowest BCUT2D eigenvalue weighted by Crippen LogP contribution is -2.31. The Bertz CT molecular complexity index is 567. The van der Waals surface area contributed by atoms with Gasteiger partial charge < -0.3 is 15.0 Å². The van der Waals surface area contributed by atoms with E-state index >= 15 is 0 Å². The Hall–Kier alpha value is -1.56. The first-order chi connectivity index (χ1) is 9.82. The van der Waals surface area contributed by atoms with Gasteiger partial charge in [0.25, 0.3) is 0 Å². The number of alkyl halides is 1. The van der Waals surface area contributed by atoms with Crippen LogP contribution in [-0.2, 0) is 9.59 Å². The molecule has 1 aromatic rings. The molecule has 0 radical (unpaired) electrons. The number of hydrogen-bond acceptors (Lipinski definition) is 3. The molecule has 0 atom stereocenters. The lowest BCUT2D eigenvalue weighted by atomic mass is 10.2. The van der Waals surface area contributed by atoms with Crippen LogP contribution in [0.4, 0.5) is 11.4 Å². The summed E-state index contributed by atoms with van der Waals surface area (Å²) in [6.07, 6.45) is 1.43. The predicted molar refractivity (Wildman–Crippen MR) is 86.2 cm³/mol. The highest BCUT2D eigenvalue weighted by Crippen LogP contribution is 2.34. The number of halogens is 1. The summed E-state index contributed by atoms with van der Waals surface area (Å²) in [5, 5.41) is 2.82. The number of hydrogen-bond donors (Lipinski definition) is 1. The molecule has 0 aliphatic carbocycles. The Morgan fingerprint density at radius 1 is 1.43 bits per heavy atom. The Morgan fingerprint density at radius 2 is 2.14 bits per heavy atom. The number of rotatable bonds is 4. The quantitative estimate of drug-likeness (QED) is 0.845. The van der Waals surface area contributed by atoms with Gasteiger partial charge in [0, 0.05) is 24.7 Å². The van der Waals surface area contributed by atoms with E-state index in [1.54, 1.807) is 44.1 Å². The van der Waals surface area contributed by atoms with Crippen molar-refractivity contribution < 1.29 is 14.3 Å². The molecule has 114 valence electrons. The van der Waals surface area contributed by atoms with Crippen LogP contribution in [-0.4, -0.2) is 29.8 Å². The molecule has 2 amide bonds. The molecule has 21 heavy (non-hydrogen) atoms. The summed E-state index contributed by atoms with van der Waals surface area (Å²) in [5.41, 5.74) is 1.39. The second kappa shape index (κ2) is 6.05. The number of carbonyl (C=O) groups excluding carboxylic acids is 2. The highest BCUT2D eigenvalue weighted by molar-refractivity contribution is 9.10. The zero-order chi connectivity index (χ0) is 15.6. The summed E-state index contributed by atoms with van der Waals surface area (Å²) in [7, 11) is 1.55. The van der Waals surface area contributed by atoms with Crippen molar-refractivity contribution in [2.75, 3.05) is 23.9 Å². The fourth-order valence-electron chi connectivity index (χ4n) is 2.16. The van der Waals surface area contributed by atoms with E-state index in [0.29, 0.717) is 24.4 Å². The molecule has 5 nitrogen and oxygen atoms in total. The molecular formula is C15H19BrN2O3. The Balaban J connectivity index is 2.24. The lowest BCUT2D eigenvalue weighted by molar-refractivity contribution is -0.118. The Labute approximate surface area is 132 Å². The molecule has 1 N–H and O–H groups in total. The number of carbonyl (C=O) groups is 2. The summed E-state index contributed by atoms with van der Waals surface area (Å²) in [6, 6.07) is 5.32. The second-order valence-electron chi connectivity index (χ2n) is 5.46. The van der Waals surface area contributed by atoms with Crippen LogP contribution in [0.1, 0.15) is 26.7 Å². The van der Waals surface area contributed by atoms with Crippen molar-refractivity contribution in [1.29, 1.82) is 0 Å². The zero-order valence-electron chi connectivity index (χ0n) is 12.4. The van der Waals surface area contributed by atoms with E-state index in [9.17, 15) is 9.59 Å². The van der Waals surface area contributed by atoms with Gasteiger partial charge in [-0.2, -0.15) is 0 Å². The van der Waals surface area contributed by atoms with Gasteiger partial charge in [-0.15, -0.1) is 0 Å². The minimum atomic E-state index is -0.649. The van der Waals surface area contributed by atoms with E-state index in [0.717, 1.165) is 12.1 Å². The summed E-state index contributed by atoms with van der Waals surface area (Å²) < 4.78 is 4.71. The van der Waals surface area contributed by atoms with Gasteiger partial charge in [0.2, 0.25) is 11.8 Å². The van der Waals surface area contributed by atoms with Crippen molar-refractivity contribution in [2.24, 2.45) is 0 Å². The van der Waals surface area contributed by atoms with Gasteiger partial charge in [-0.05, 0) is 32.4 Å². The van der Waals surface area contributed by atoms with Crippen LogP contribution in [0.15, 0.2) is 18.2 Å². The van der Waals surface area contributed by atoms with E-state index in [-0.39, 0.29) is 11.8 Å². The third-order valence-corrected chi connectivity index (χ3v) is 3.70. The first-order valence-electron chi connectivity index (χ1n) is 6.81. The highest BCUT2D eigenvalue weighted by Gasteiger charge is 2.26. The molecule has 0 aromatic heterocycles. The maximum atomic E-state index is 12.0. The predicted octanol–water partition coefficient (Wildman–Crippen LogP) is 2.93. The van der Waals surface area contributed by atoms with Crippen molar-refractivity contribution in [3.05, 3.63) is 18.2 Å². The standard InChI is InChI=1S/C15H19BrN2O3/c1-15(2,16)14(20)17-10-6-7-11(12(9-10)21-3)18-8-4-5-13(18)19/h6-7,9H,4-5,8H2,1-3H3,(H,17,20). The third-order valence-electron chi connectivity index (χ3n) is 3.34. The summed E-state index contributed by atoms with van der Waals surface area (Å²) >= 11 is 3.32. The summed E-state index contributed by atoms with van der Waals surface area (Å²) in [5.74, 6) is 0.539. The molecule has 0 unspecified atom stereocenters. The van der Waals surface area contributed by atoms with Gasteiger partial charge in [0.05, 0.1) is 17.1 Å². The number of anilines is 2. The van der Waals surface area contributed by atoms with Crippen molar-refractivity contribution in [3.63, 3.8) is 0 Å². The van der Waals surface area contributed by atoms with Crippen LogP contribution in [0.25, 0.3) is 0 Å². The zero-order valence-corrected chi connectivity index (χ0v) is 14.0. The first kappa shape index (κ1) is 15.8. The average Bonchev–Trinajstić information content (AvgIpc) is 2.83. The van der Waals surface area contributed by atoms with Crippen LogP contribution in [0.3, 0.4) is 0 Å². The number of methoxy groups -OCH3 is 1. The molecule has 1 saturated heterocycles. The normalized spacial score (nSPS) is 15.2. The average molecular weight is 355 g/mol. The number of amides is 2. The van der Waals surface area contributed by atoms with Crippen molar-refractivity contribution in [2.45, 2.75) is 31.0 Å². The SMILES string of the molecule is COc1cc(NC(=O)C(C)(C)Br)ccc1N1CCCC1=O. The number of nitrogens with one attached hydrogen (secondary N) is 1. The highest BCUT2D eigenvalue weighted by atomic mass is 79.9. The van der Waals surface area contributed by atoms with Gasteiger partial charge in [-0.3, -0.25) is 9.59 Å². The summed E-state index contributed by atoms with van der Waals surface area (Å²) in [4.78, 5) is 25.5. The molecule has 6 heteroatoms. The van der Waals surface area contributed by atoms with E-state index in [2.05, 4.69) is 21.2 Å². The van der Waals surface area contributed by atoms with E-state index in [1.165, 1.54) is 0 Å². The smallest absolute Gasteiger partial charge is 0.240 e. The molecule has 1 aliphatic heterocycles. The van der Waals surface area contributed by atoms with Gasteiger partial charge in [-0.1, -0.05) is 15.9 Å². The second-order valence-corrected chi connectivity index (χ2v) is 7.44. The molecule has 0 saturated carbocycles. The lowest BCUT2D eigenvalue weighted by Gasteiger charge is -2.21. The monoisotopic (exact) mass is 354 g/mol. The molecule has 1 aliphatic rings. The van der Waals surface area contributed by atoms with E-state index < -0.39 is 4.32 Å². The van der Waals surface area contributed by atoms with Gasteiger partial charge in [0.15, 0.2) is 0 Å². The largest absolute Gasteiger partial charge is 0.494 e. The van der Waals surface area contributed by atoms with E-state index in [1.807, 2.05) is 0 Å². The molecule has 0 bridgehead atoms. The molecule has 2 rings (SSSR count). The van der Waals surface area contributed by atoms with Crippen LogP contribution >= 0.6 is 15.9 Å². The van der Waals surface area contributed by atoms with Crippen molar-refractivity contribution in [3.8, 4) is 5.75 Å². The van der Waals surface area contributed by atoms with Crippen molar-refractivity contribution >= 4 is 39.1 Å². The molecule has 0 spiro atoms. The molecular weight excluding hydrogens is 336 g/mol. The van der Waals surface area contributed by atoms with Gasteiger partial charge in [0.1, 0.15) is 5.75 Å². The first-order valence-corrected chi connectivity index (χ1v) is 7.61.